The van der Waals surface area contributed by atoms with Gasteiger partial charge in [0.15, 0.2) is 0 Å². The number of benzene rings is 1. The molecule has 35 heavy (non-hydrogen) atoms. The van der Waals surface area contributed by atoms with Gasteiger partial charge in [-0.15, -0.1) is 0 Å². The molecule has 0 radical (unpaired) electrons. The summed E-state index contributed by atoms with van der Waals surface area (Å²) in [5.74, 6) is 1.10. The zero-order valence-corrected chi connectivity index (χ0v) is 20.2. The number of anilines is 1. The maximum Gasteiger partial charge on any atom is 0.331 e. The molecule has 0 spiro atoms. The van der Waals surface area contributed by atoms with Crippen molar-refractivity contribution < 1.29 is 0 Å². The number of nitriles is 1. The van der Waals surface area contributed by atoms with Gasteiger partial charge in [-0.25, -0.2) is 14.8 Å². The van der Waals surface area contributed by atoms with Crippen LogP contribution in [0.1, 0.15) is 30.4 Å². The minimum absolute atomic E-state index is 0.0487. The highest BCUT2D eigenvalue weighted by molar-refractivity contribution is 5.90. The Morgan fingerprint density at radius 2 is 1.89 bits per heavy atom. The second-order valence-electron chi connectivity index (χ2n) is 8.82. The smallest absolute Gasteiger partial charge is 0.331 e. The van der Waals surface area contributed by atoms with Crippen LogP contribution < -0.4 is 21.5 Å². The molecule has 1 aliphatic heterocycles. The summed E-state index contributed by atoms with van der Waals surface area (Å²) in [6.07, 6.45) is 0.928. The molecule has 1 fully saturated rings. The molecule has 5 rings (SSSR count). The Morgan fingerprint density at radius 1 is 1.09 bits per heavy atom. The molecule has 0 unspecified atom stereocenters. The topological polar surface area (TPSA) is 114 Å². The first-order valence-electron chi connectivity index (χ1n) is 11.9. The molecule has 1 aromatic carbocycles. The first-order valence-corrected chi connectivity index (χ1v) is 11.9. The van der Waals surface area contributed by atoms with Gasteiger partial charge >= 0.3 is 5.69 Å². The van der Waals surface area contributed by atoms with E-state index in [2.05, 4.69) is 26.3 Å². The molecular weight excluding hydrogens is 444 g/mol. The fourth-order valence-electron chi connectivity index (χ4n) is 5.07. The van der Waals surface area contributed by atoms with E-state index in [0.717, 1.165) is 49.2 Å². The molecule has 0 atom stereocenters. The number of hydrogen-bond acceptors (Lipinski definition) is 7. The highest BCUT2D eigenvalue weighted by atomic mass is 16.2. The Bertz CT molecular complexity index is 1600. The Hall–Kier alpha value is -3.97. The Kier molecular flexibility index (Phi) is 5.86. The van der Waals surface area contributed by atoms with Crippen LogP contribution in [-0.4, -0.2) is 49.8 Å². The van der Waals surface area contributed by atoms with E-state index in [1.165, 1.54) is 9.13 Å². The molecule has 1 saturated heterocycles. The van der Waals surface area contributed by atoms with E-state index in [1.54, 1.807) is 7.05 Å². The molecule has 0 bridgehead atoms. The van der Waals surface area contributed by atoms with Gasteiger partial charge in [-0.2, -0.15) is 5.26 Å². The van der Waals surface area contributed by atoms with Crippen LogP contribution in [0.3, 0.4) is 0 Å². The summed E-state index contributed by atoms with van der Waals surface area (Å²) in [6.45, 7) is 7.47. The van der Waals surface area contributed by atoms with Gasteiger partial charge in [-0.05, 0) is 32.9 Å². The van der Waals surface area contributed by atoms with Crippen molar-refractivity contribution >= 4 is 27.8 Å². The zero-order chi connectivity index (χ0) is 24.7. The van der Waals surface area contributed by atoms with E-state index in [-0.39, 0.29) is 6.54 Å². The summed E-state index contributed by atoms with van der Waals surface area (Å²) in [7, 11) is 1.61. The van der Waals surface area contributed by atoms with Gasteiger partial charge in [0.2, 0.25) is 0 Å². The summed E-state index contributed by atoms with van der Waals surface area (Å²) in [6, 6.07) is 9.95. The number of nitrogens with one attached hydrogen (secondary N) is 1. The van der Waals surface area contributed by atoms with Gasteiger partial charge in [0.05, 0.1) is 17.6 Å². The van der Waals surface area contributed by atoms with Gasteiger partial charge in [0.1, 0.15) is 28.8 Å². The Morgan fingerprint density at radius 3 is 2.66 bits per heavy atom. The maximum atomic E-state index is 13.8. The van der Waals surface area contributed by atoms with Crippen molar-refractivity contribution in [1.29, 1.82) is 5.26 Å². The number of para-hydroxylation sites is 1. The molecule has 4 heterocycles. The number of fused-ring (bicyclic) bond motifs is 2. The van der Waals surface area contributed by atoms with E-state index < -0.39 is 11.2 Å². The lowest BCUT2D eigenvalue weighted by Crippen LogP contribution is -2.40. The van der Waals surface area contributed by atoms with Crippen molar-refractivity contribution in [2.45, 2.75) is 33.4 Å². The van der Waals surface area contributed by atoms with Gasteiger partial charge < -0.3 is 14.8 Å². The van der Waals surface area contributed by atoms with Crippen LogP contribution in [0.2, 0.25) is 0 Å². The van der Waals surface area contributed by atoms with Gasteiger partial charge in [-0.1, -0.05) is 18.2 Å². The van der Waals surface area contributed by atoms with Gasteiger partial charge in [-0.3, -0.25) is 13.9 Å². The second-order valence-corrected chi connectivity index (χ2v) is 8.82. The lowest BCUT2D eigenvalue weighted by Gasteiger charge is -2.24. The number of hydrogen-bond donors (Lipinski definition) is 1. The monoisotopic (exact) mass is 472 g/mol. The Labute approximate surface area is 202 Å². The maximum absolute atomic E-state index is 13.8. The average molecular weight is 473 g/mol. The summed E-state index contributed by atoms with van der Waals surface area (Å²) in [5, 5.41) is 14.4. The lowest BCUT2D eigenvalue weighted by molar-refractivity contribution is 0.632. The van der Waals surface area contributed by atoms with Crippen molar-refractivity contribution in [3.8, 4) is 6.07 Å². The van der Waals surface area contributed by atoms with Gasteiger partial charge in [0, 0.05) is 44.3 Å². The minimum Gasteiger partial charge on any atom is -0.356 e. The summed E-state index contributed by atoms with van der Waals surface area (Å²) >= 11 is 0. The van der Waals surface area contributed by atoms with Gasteiger partial charge in [0.25, 0.3) is 5.56 Å². The third-order valence-corrected chi connectivity index (χ3v) is 6.72. The molecular formula is C25H28N8O2. The molecule has 10 nitrogen and oxygen atoms in total. The molecule has 1 N–H and O–H groups in total. The van der Waals surface area contributed by atoms with E-state index in [4.69, 9.17) is 0 Å². The molecule has 1 aliphatic rings. The minimum atomic E-state index is -0.495. The van der Waals surface area contributed by atoms with Crippen LogP contribution in [0.25, 0.3) is 21.9 Å². The van der Waals surface area contributed by atoms with E-state index in [0.29, 0.717) is 34.8 Å². The molecule has 0 amide bonds. The molecule has 0 saturated carbocycles. The van der Waals surface area contributed by atoms with E-state index in [1.807, 2.05) is 42.7 Å². The van der Waals surface area contributed by atoms with Crippen LogP contribution in [-0.2, 0) is 20.1 Å². The third-order valence-electron chi connectivity index (χ3n) is 6.72. The second kappa shape index (κ2) is 9.00. The fourth-order valence-corrected chi connectivity index (χ4v) is 5.07. The van der Waals surface area contributed by atoms with Crippen LogP contribution >= 0.6 is 0 Å². The zero-order valence-electron chi connectivity index (χ0n) is 20.2. The normalized spacial score (nSPS) is 14.4. The molecule has 10 heteroatoms. The van der Waals surface area contributed by atoms with Crippen molar-refractivity contribution in [2.24, 2.45) is 7.05 Å². The summed E-state index contributed by atoms with van der Waals surface area (Å²) in [5.41, 5.74) is 1.73. The summed E-state index contributed by atoms with van der Waals surface area (Å²) in [4.78, 5) is 38.5. The van der Waals surface area contributed by atoms with Crippen LogP contribution in [0.15, 0.2) is 33.9 Å². The Balaban J connectivity index is 1.73. The number of aryl methyl sites for hydroxylation is 3. The third kappa shape index (κ3) is 3.68. The van der Waals surface area contributed by atoms with Crippen LogP contribution in [0, 0.1) is 18.3 Å². The number of aromatic nitrogens is 5. The summed E-state index contributed by atoms with van der Waals surface area (Å²) < 4.78 is 4.46. The van der Waals surface area contributed by atoms with Crippen LogP contribution in [0.4, 0.5) is 5.82 Å². The number of nitrogens with zero attached hydrogens (tertiary/aromatic N) is 7. The number of rotatable bonds is 4. The lowest BCUT2D eigenvalue weighted by atomic mass is 10.2. The molecule has 4 aromatic rings. The van der Waals surface area contributed by atoms with E-state index >= 15 is 0 Å². The van der Waals surface area contributed by atoms with E-state index in [9.17, 15) is 14.9 Å². The molecule has 0 aliphatic carbocycles. The van der Waals surface area contributed by atoms with Crippen molar-refractivity contribution in [2.75, 3.05) is 31.1 Å². The highest BCUT2D eigenvalue weighted by Crippen LogP contribution is 2.30. The first kappa shape index (κ1) is 22.8. The SMILES string of the molecule is CCn1c(N2CCCNCC2)c(C#N)c2c1c(=O)n(Cc1nc(C)c3ccccc3n1)c(=O)n2C. The quantitative estimate of drug-likeness (QED) is 0.479. The molecule has 3 aromatic heterocycles. The first-order chi connectivity index (χ1) is 17.0. The largest absolute Gasteiger partial charge is 0.356 e. The average Bonchev–Trinajstić information content (AvgIpc) is 2.98. The fraction of sp³-hybridized carbons (Fsp3) is 0.400. The van der Waals surface area contributed by atoms with Crippen LogP contribution in [0.5, 0.6) is 0 Å². The predicted octanol–water partition coefficient (Wildman–Crippen LogP) is 1.49. The van der Waals surface area contributed by atoms with Crippen molar-refractivity contribution in [3.05, 3.63) is 62.2 Å². The molecule has 180 valence electrons. The highest BCUT2D eigenvalue weighted by Gasteiger charge is 2.27. The standard InChI is InChI=1S/C25H28N8O2/c1-4-32-22-21(18(14-26)23(32)31-12-7-10-27-11-13-31)30(3)25(35)33(24(22)34)15-20-28-16(2)17-8-5-6-9-19(17)29-20/h5-6,8-9,27H,4,7,10-13,15H2,1-3H3. The van der Waals surface area contributed by atoms with Crippen molar-refractivity contribution in [1.82, 2.24) is 29.0 Å². The predicted molar refractivity (Wildman–Crippen MR) is 135 cm³/mol. The van der Waals surface area contributed by atoms with Crippen molar-refractivity contribution in [3.63, 3.8) is 0 Å².